The molecule has 0 aromatic carbocycles. The van der Waals surface area contributed by atoms with Gasteiger partial charge in [-0.15, -0.1) is 0 Å². The minimum atomic E-state index is -2.90. The van der Waals surface area contributed by atoms with Crippen LogP contribution in [0.15, 0.2) is 11.8 Å². The fourth-order valence-corrected chi connectivity index (χ4v) is 4.28. The maximum absolute atomic E-state index is 5.57. The van der Waals surface area contributed by atoms with Crippen molar-refractivity contribution < 1.29 is 31.0 Å². The van der Waals surface area contributed by atoms with Gasteiger partial charge in [0.05, 0.1) is 0 Å². The minimum Gasteiger partial charge on any atom is -0.374 e. The van der Waals surface area contributed by atoms with Crippen LogP contribution in [0.5, 0.6) is 0 Å². The van der Waals surface area contributed by atoms with Gasteiger partial charge < -0.3 is 31.0 Å². The summed E-state index contributed by atoms with van der Waals surface area (Å²) < 4.78 is 36.9. The summed E-state index contributed by atoms with van der Waals surface area (Å²) in [6.45, 7) is 0.525. The third kappa shape index (κ3) is 7.13. The van der Waals surface area contributed by atoms with Gasteiger partial charge in [0.15, 0.2) is 0 Å². The molecule has 0 amide bonds. The molecule has 21 heavy (non-hydrogen) atoms. The van der Waals surface area contributed by atoms with E-state index in [0.717, 1.165) is 19.3 Å². The molecule has 0 saturated carbocycles. The maximum atomic E-state index is 5.57. The van der Waals surface area contributed by atoms with Crippen LogP contribution >= 0.6 is 0 Å². The summed E-state index contributed by atoms with van der Waals surface area (Å²) in [5.74, 6) is 0. The predicted molar refractivity (Wildman–Crippen MR) is 82.5 cm³/mol. The second-order valence-corrected chi connectivity index (χ2v) is 9.35. The Morgan fingerprint density at radius 1 is 0.714 bits per heavy atom. The molecular weight excluding hydrogens is 312 g/mol. The van der Waals surface area contributed by atoms with Gasteiger partial charge >= 0.3 is 17.9 Å². The molecule has 126 valence electrons. The van der Waals surface area contributed by atoms with Gasteiger partial charge in [-0.2, -0.15) is 0 Å². The van der Waals surface area contributed by atoms with E-state index < -0.39 is 17.9 Å². The smallest absolute Gasteiger partial charge is 0.374 e. The van der Waals surface area contributed by atoms with Crippen molar-refractivity contribution in [2.45, 2.75) is 19.3 Å². The fraction of sp³-hybridized carbons (Fsp3) is 0.833. The highest BCUT2D eigenvalue weighted by atomic mass is 28.4. The lowest BCUT2D eigenvalue weighted by atomic mass is 10.2. The van der Waals surface area contributed by atoms with Crippen molar-refractivity contribution in [3.63, 3.8) is 0 Å². The van der Waals surface area contributed by atoms with E-state index in [0.29, 0.717) is 6.61 Å². The van der Waals surface area contributed by atoms with Gasteiger partial charge in [-0.1, -0.05) is 6.08 Å². The van der Waals surface area contributed by atoms with Gasteiger partial charge in [0.2, 0.25) is 0 Å². The maximum Gasteiger partial charge on any atom is 0.678 e. The lowest BCUT2D eigenvalue weighted by Crippen LogP contribution is -2.46. The topological polar surface area (TPSA) is 64.6 Å². The lowest BCUT2D eigenvalue weighted by molar-refractivity contribution is 0.00517. The van der Waals surface area contributed by atoms with E-state index >= 15 is 0 Å². The summed E-state index contributed by atoms with van der Waals surface area (Å²) in [6, 6.07) is 0. The number of rotatable bonds is 13. The van der Waals surface area contributed by atoms with Crippen LogP contribution in [0.2, 0.25) is 0 Å². The van der Waals surface area contributed by atoms with E-state index in [-0.39, 0.29) is 0 Å². The normalized spacial score (nSPS) is 13.2. The molecule has 9 heteroatoms. The zero-order valence-electron chi connectivity index (χ0n) is 13.8. The quantitative estimate of drug-likeness (QED) is 0.372. The summed E-state index contributed by atoms with van der Waals surface area (Å²) in [6.07, 6.45) is 4.72. The zero-order chi connectivity index (χ0) is 16.2. The summed E-state index contributed by atoms with van der Waals surface area (Å²) >= 11 is 0. The predicted octanol–water partition coefficient (Wildman–Crippen LogP) is 1.52. The van der Waals surface area contributed by atoms with Gasteiger partial charge in [-0.05, 0) is 25.0 Å². The second-order valence-electron chi connectivity index (χ2n) is 4.07. The molecule has 0 bridgehead atoms. The first-order valence-corrected chi connectivity index (χ1v) is 10.1. The van der Waals surface area contributed by atoms with Gasteiger partial charge in [0.25, 0.3) is 0 Å². The van der Waals surface area contributed by atoms with Crippen molar-refractivity contribution in [1.29, 1.82) is 0 Å². The molecule has 0 rings (SSSR count). The number of unbranched alkanes of at least 4 members (excludes halogenated alkanes) is 2. The first-order chi connectivity index (χ1) is 10.1. The Morgan fingerprint density at radius 2 is 1.24 bits per heavy atom. The zero-order valence-corrected chi connectivity index (χ0v) is 15.8. The summed E-state index contributed by atoms with van der Waals surface area (Å²) in [5.41, 5.74) is 1.88. The SMILES string of the molecule is CO[Si](/C=C/CCCCO[Si](OC)(OC)OC)(OC)OC. The highest BCUT2D eigenvalue weighted by Crippen LogP contribution is 2.11. The molecule has 0 unspecified atom stereocenters. The molecule has 7 nitrogen and oxygen atoms in total. The van der Waals surface area contributed by atoms with Crippen LogP contribution in [0.4, 0.5) is 0 Å². The summed E-state index contributed by atoms with van der Waals surface area (Å²) in [7, 11) is 3.81. The number of hydrogen-bond acceptors (Lipinski definition) is 7. The van der Waals surface area contributed by atoms with Gasteiger partial charge in [-0.3, -0.25) is 0 Å². The van der Waals surface area contributed by atoms with E-state index in [1.807, 2.05) is 11.8 Å². The monoisotopic (exact) mass is 340 g/mol. The van der Waals surface area contributed by atoms with Gasteiger partial charge in [0, 0.05) is 49.3 Å². The van der Waals surface area contributed by atoms with Crippen LogP contribution < -0.4 is 0 Å². The molecule has 0 atom stereocenters. The van der Waals surface area contributed by atoms with Crippen LogP contribution in [0, 0.1) is 0 Å². The highest BCUT2D eigenvalue weighted by molar-refractivity contribution is 6.66. The Balaban J connectivity index is 3.96. The fourth-order valence-electron chi connectivity index (χ4n) is 1.67. The Morgan fingerprint density at radius 3 is 1.67 bits per heavy atom. The molecule has 0 aromatic heterocycles. The van der Waals surface area contributed by atoms with Gasteiger partial charge in [0.1, 0.15) is 0 Å². The van der Waals surface area contributed by atoms with Crippen LogP contribution in [0.25, 0.3) is 0 Å². The molecule has 0 aliphatic carbocycles. The van der Waals surface area contributed by atoms with Crippen LogP contribution in [-0.2, 0) is 31.0 Å². The standard InChI is InChI=1S/C12H28O7Si2/c1-13-20(14-2,15-3)12-10-8-7-9-11-19-21(16-4,17-5)18-6/h10,12H,7-9,11H2,1-6H3/b12-10+. The van der Waals surface area contributed by atoms with Crippen molar-refractivity contribution in [1.82, 2.24) is 0 Å². The molecule has 0 radical (unpaired) electrons. The molecule has 0 aliphatic rings. The van der Waals surface area contributed by atoms with Crippen molar-refractivity contribution >= 4 is 17.9 Å². The van der Waals surface area contributed by atoms with Crippen molar-refractivity contribution in [3.05, 3.63) is 11.8 Å². The molecular formula is C12H28O7Si2. The highest BCUT2D eigenvalue weighted by Gasteiger charge is 2.41. The van der Waals surface area contributed by atoms with Crippen LogP contribution in [-0.4, -0.2) is 67.1 Å². The first-order valence-electron chi connectivity index (χ1n) is 6.70. The van der Waals surface area contributed by atoms with Crippen molar-refractivity contribution in [3.8, 4) is 0 Å². The lowest BCUT2D eigenvalue weighted by Gasteiger charge is -2.22. The van der Waals surface area contributed by atoms with Crippen molar-refractivity contribution in [2.24, 2.45) is 0 Å². The molecule has 0 aromatic rings. The molecule has 0 aliphatic heterocycles. The van der Waals surface area contributed by atoms with Crippen molar-refractivity contribution in [2.75, 3.05) is 49.3 Å². The third-order valence-corrected chi connectivity index (χ3v) is 7.38. The minimum absolute atomic E-state index is 0.525. The van der Waals surface area contributed by atoms with Crippen LogP contribution in [0.3, 0.4) is 0 Å². The first kappa shape index (κ1) is 20.9. The Labute approximate surface area is 129 Å². The molecule has 0 heterocycles. The third-order valence-electron chi connectivity index (χ3n) is 2.97. The Hall–Kier alpha value is -0.106. The number of allylic oxidation sites excluding steroid dienone is 1. The molecule has 0 spiro atoms. The van der Waals surface area contributed by atoms with E-state index in [1.54, 1.807) is 21.3 Å². The van der Waals surface area contributed by atoms with Crippen LogP contribution in [0.1, 0.15) is 19.3 Å². The molecule has 0 saturated heterocycles. The van der Waals surface area contributed by atoms with Gasteiger partial charge in [-0.25, -0.2) is 0 Å². The molecule has 0 fully saturated rings. The van der Waals surface area contributed by atoms with E-state index in [9.17, 15) is 0 Å². The summed E-state index contributed by atoms with van der Waals surface area (Å²) in [4.78, 5) is 0. The van der Waals surface area contributed by atoms with E-state index in [4.69, 9.17) is 31.0 Å². The summed E-state index contributed by atoms with van der Waals surface area (Å²) in [5, 5.41) is 0. The largest absolute Gasteiger partial charge is 0.678 e. The molecule has 0 N–H and O–H groups in total. The number of hydrogen-bond donors (Lipinski definition) is 0. The second kappa shape index (κ2) is 11.5. The average molecular weight is 341 g/mol. The van der Waals surface area contributed by atoms with E-state index in [2.05, 4.69) is 0 Å². The Bertz CT molecular complexity index is 264. The van der Waals surface area contributed by atoms with E-state index in [1.165, 1.54) is 21.3 Å². The Kier molecular flexibility index (Phi) is 11.4. The average Bonchev–Trinajstić information content (AvgIpc) is 2.55.